The van der Waals surface area contributed by atoms with Gasteiger partial charge in [-0.05, 0) is 44.9 Å². The number of rotatable bonds is 48. The lowest BCUT2D eigenvalue weighted by molar-refractivity contribution is -0.124. The van der Waals surface area contributed by atoms with Gasteiger partial charge in [0, 0.05) is 0 Å². The molecule has 0 bridgehead atoms. The molecule has 0 aromatic rings. The number of aliphatic hydroxyl groups is 3. The van der Waals surface area contributed by atoms with Gasteiger partial charge in [-0.3, -0.25) is 4.79 Å². The fourth-order valence-electron chi connectivity index (χ4n) is 8.22. The maximum absolute atomic E-state index is 12.5. The summed E-state index contributed by atoms with van der Waals surface area (Å²) in [7, 11) is 0. The highest BCUT2D eigenvalue weighted by Crippen LogP contribution is 2.17. The van der Waals surface area contributed by atoms with Gasteiger partial charge in [0.2, 0.25) is 5.91 Å². The first-order valence-electron chi connectivity index (χ1n) is 26.1. The predicted octanol–water partition coefficient (Wildman–Crippen LogP) is 15.7. The minimum atomic E-state index is -0.926. The van der Waals surface area contributed by atoms with E-state index in [0.29, 0.717) is 6.42 Å². The Morgan fingerprint density at radius 3 is 1.05 bits per heavy atom. The second kappa shape index (κ2) is 48.5. The largest absolute Gasteiger partial charge is 0.394 e. The van der Waals surface area contributed by atoms with Crippen LogP contribution in [0.1, 0.15) is 284 Å². The molecule has 0 saturated heterocycles. The molecule has 3 atom stereocenters. The first kappa shape index (κ1) is 56.8. The summed E-state index contributed by atoms with van der Waals surface area (Å²) < 4.78 is 0. The monoisotopic (exact) mass is 818 g/mol. The standard InChI is InChI=1S/C53H103NO4/c1-3-5-7-9-11-13-15-17-18-19-20-21-22-23-24-25-26-27-28-29-30-31-32-33-35-36-38-40-42-44-46-50(56)48-53(58)54-51(49-55)52(57)47-45-43-41-39-37-34-16-14-12-10-8-6-4-2/h23-24,45,47,50-52,55-57H,3-22,25-44,46,48-49H2,1-2H3,(H,54,58)/b24-23-,47-45+. The zero-order chi connectivity index (χ0) is 42.3. The summed E-state index contributed by atoms with van der Waals surface area (Å²) in [6, 6.07) is -0.741. The van der Waals surface area contributed by atoms with Crippen molar-refractivity contribution in [2.75, 3.05) is 6.61 Å². The summed E-state index contributed by atoms with van der Waals surface area (Å²) in [5.41, 5.74) is 0. The van der Waals surface area contributed by atoms with E-state index in [1.807, 2.05) is 6.08 Å². The van der Waals surface area contributed by atoms with Crippen molar-refractivity contribution < 1.29 is 20.1 Å². The number of carbonyl (C=O) groups is 1. The van der Waals surface area contributed by atoms with E-state index in [9.17, 15) is 20.1 Å². The highest BCUT2D eigenvalue weighted by atomic mass is 16.3. The Kier molecular flexibility index (Phi) is 47.5. The molecule has 1 amide bonds. The highest BCUT2D eigenvalue weighted by Gasteiger charge is 2.20. The minimum Gasteiger partial charge on any atom is -0.394 e. The van der Waals surface area contributed by atoms with E-state index < -0.39 is 18.2 Å². The molecule has 58 heavy (non-hydrogen) atoms. The van der Waals surface area contributed by atoms with E-state index in [4.69, 9.17) is 0 Å². The number of carbonyl (C=O) groups excluding carboxylic acids is 1. The van der Waals surface area contributed by atoms with Crippen molar-refractivity contribution >= 4 is 5.91 Å². The van der Waals surface area contributed by atoms with Crippen LogP contribution in [0.25, 0.3) is 0 Å². The number of aliphatic hydroxyl groups excluding tert-OH is 3. The Hall–Kier alpha value is -1.17. The van der Waals surface area contributed by atoms with Crippen molar-refractivity contribution in [2.45, 2.75) is 302 Å². The van der Waals surface area contributed by atoms with Crippen LogP contribution in [0.3, 0.4) is 0 Å². The van der Waals surface area contributed by atoms with Crippen molar-refractivity contribution in [2.24, 2.45) is 0 Å². The van der Waals surface area contributed by atoms with E-state index in [1.165, 1.54) is 231 Å². The molecule has 0 fully saturated rings. The van der Waals surface area contributed by atoms with Gasteiger partial charge in [0.15, 0.2) is 0 Å². The summed E-state index contributed by atoms with van der Waals surface area (Å²) in [6.07, 6.45) is 60.7. The van der Waals surface area contributed by atoms with Crippen LogP contribution in [0, 0.1) is 0 Å². The van der Waals surface area contributed by atoms with Gasteiger partial charge in [-0.1, -0.05) is 256 Å². The van der Waals surface area contributed by atoms with Crippen LogP contribution in [0.2, 0.25) is 0 Å². The molecule has 5 nitrogen and oxygen atoms in total. The van der Waals surface area contributed by atoms with Gasteiger partial charge >= 0.3 is 0 Å². The van der Waals surface area contributed by atoms with Crippen LogP contribution in [0.15, 0.2) is 24.3 Å². The lowest BCUT2D eigenvalue weighted by Crippen LogP contribution is -2.45. The van der Waals surface area contributed by atoms with Crippen molar-refractivity contribution in [3.05, 3.63) is 24.3 Å². The molecule has 0 saturated carbocycles. The molecule has 0 aliphatic rings. The molecule has 0 aliphatic heterocycles. The molecule has 0 spiro atoms. The fraction of sp³-hybridized carbons (Fsp3) is 0.906. The number of amides is 1. The van der Waals surface area contributed by atoms with Crippen LogP contribution < -0.4 is 5.32 Å². The van der Waals surface area contributed by atoms with Crippen LogP contribution in [-0.2, 0) is 4.79 Å². The van der Waals surface area contributed by atoms with Gasteiger partial charge in [-0.25, -0.2) is 0 Å². The molecular weight excluding hydrogens is 715 g/mol. The number of allylic oxidation sites excluding steroid dienone is 3. The third kappa shape index (κ3) is 44.4. The Balaban J connectivity index is 3.51. The molecule has 3 unspecified atom stereocenters. The molecule has 0 aromatic carbocycles. The molecule has 0 heterocycles. The number of hydrogen-bond donors (Lipinski definition) is 4. The second-order valence-electron chi connectivity index (χ2n) is 18.1. The number of nitrogens with one attached hydrogen (secondary N) is 1. The Labute approximate surface area is 362 Å². The van der Waals surface area contributed by atoms with Crippen LogP contribution >= 0.6 is 0 Å². The summed E-state index contributed by atoms with van der Waals surface area (Å²) in [6.45, 7) is 4.23. The van der Waals surface area contributed by atoms with E-state index in [0.717, 1.165) is 25.7 Å². The number of unbranched alkanes of at least 4 members (excludes halogenated alkanes) is 37. The maximum atomic E-state index is 12.5. The predicted molar refractivity (Wildman–Crippen MR) is 255 cm³/mol. The van der Waals surface area contributed by atoms with Gasteiger partial charge in [0.1, 0.15) is 0 Å². The molecule has 0 rings (SSSR count). The molecule has 5 heteroatoms. The Bertz CT molecular complexity index is 859. The fourth-order valence-corrected chi connectivity index (χ4v) is 8.22. The number of hydrogen-bond acceptors (Lipinski definition) is 4. The van der Waals surface area contributed by atoms with E-state index in [1.54, 1.807) is 6.08 Å². The normalized spacial score (nSPS) is 13.5. The SMILES string of the molecule is CCCCCCCCCCCCC/C=C/C(O)C(CO)NC(=O)CC(O)CCCCCCCCCCCCCCCC/C=C\CCCCCCCCCCCCCC. The molecule has 0 aromatic heterocycles. The van der Waals surface area contributed by atoms with Gasteiger partial charge < -0.3 is 20.6 Å². The van der Waals surface area contributed by atoms with E-state index in [-0.39, 0.29) is 18.9 Å². The third-order valence-corrected chi connectivity index (χ3v) is 12.2. The first-order valence-corrected chi connectivity index (χ1v) is 26.1. The molecule has 0 radical (unpaired) electrons. The minimum absolute atomic E-state index is 0.0165. The van der Waals surface area contributed by atoms with E-state index in [2.05, 4.69) is 31.3 Å². The molecule has 344 valence electrons. The van der Waals surface area contributed by atoms with Crippen molar-refractivity contribution in [3.63, 3.8) is 0 Å². The highest BCUT2D eigenvalue weighted by molar-refractivity contribution is 5.76. The summed E-state index contributed by atoms with van der Waals surface area (Å²) >= 11 is 0. The molecular formula is C53H103NO4. The summed E-state index contributed by atoms with van der Waals surface area (Å²) in [5.74, 6) is -0.313. The Morgan fingerprint density at radius 1 is 0.431 bits per heavy atom. The first-order chi connectivity index (χ1) is 28.5. The average Bonchev–Trinajstić information content (AvgIpc) is 3.22. The molecule has 0 aliphatic carbocycles. The van der Waals surface area contributed by atoms with E-state index >= 15 is 0 Å². The topological polar surface area (TPSA) is 89.8 Å². The van der Waals surface area contributed by atoms with Gasteiger partial charge in [-0.15, -0.1) is 0 Å². The lowest BCUT2D eigenvalue weighted by atomic mass is 10.0. The van der Waals surface area contributed by atoms with Gasteiger partial charge in [-0.2, -0.15) is 0 Å². The smallest absolute Gasteiger partial charge is 0.222 e. The average molecular weight is 818 g/mol. The summed E-state index contributed by atoms with van der Waals surface area (Å²) in [4.78, 5) is 12.5. The lowest BCUT2D eigenvalue weighted by Gasteiger charge is -2.21. The van der Waals surface area contributed by atoms with Gasteiger partial charge in [0.05, 0.1) is 31.3 Å². The third-order valence-electron chi connectivity index (χ3n) is 12.2. The Morgan fingerprint density at radius 2 is 0.724 bits per heavy atom. The second-order valence-corrected chi connectivity index (χ2v) is 18.1. The van der Waals surface area contributed by atoms with Crippen molar-refractivity contribution in [1.29, 1.82) is 0 Å². The van der Waals surface area contributed by atoms with Crippen LogP contribution in [-0.4, -0.2) is 46.1 Å². The van der Waals surface area contributed by atoms with Crippen molar-refractivity contribution in [3.8, 4) is 0 Å². The van der Waals surface area contributed by atoms with Crippen LogP contribution in [0.5, 0.6) is 0 Å². The quantitative estimate of drug-likeness (QED) is 0.0364. The van der Waals surface area contributed by atoms with Gasteiger partial charge in [0.25, 0.3) is 0 Å². The maximum Gasteiger partial charge on any atom is 0.222 e. The zero-order valence-corrected chi connectivity index (χ0v) is 39.2. The van der Waals surface area contributed by atoms with Crippen LogP contribution in [0.4, 0.5) is 0 Å². The zero-order valence-electron chi connectivity index (χ0n) is 39.2. The van der Waals surface area contributed by atoms with Crippen molar-refractivity contribution in [1.82, 2.24) is 5.32 Å². The summed E-state index contributed by atoms with van der Waals surface area (Å²) in [5, 5.41) is 33.3. The molecule has 4 N–H and O–H groups in total.